The van der Waals surface area contributed by atoms with E-state index in [1.54, 1.807) is 12.1 Å². The monoisotopic (exact) mass is 397 g/mol. The number of oxime groups is 1. The van der Waals surface area contributed by atoms with Gasteiger partial charge in [0.1, 0.15) is 0 Å². The number of hydrogen-bond donors (Lipinski definition) is 3. The number of hydrogen-bond acceptors (Lipinski definition) is 3. The smallest absolute Gasteiger partial charge is 0.252 e. The standard InChI is InChI=1S/C9H9BrIN3O2/c10-7-2-1-5(11)3-6(7)9(15)13-4-8(12)14-16/h1-3,16H,4H2,(H2,12,14)(H,13,15). The largest absolute Gasteiger partial charge is 0.409 e. The highest BCUT2D eigenvalue weighted by atomic mass is 127. The summed E-state index contributed by atoms with van der Waals surface area (Å²) in [7, 11) is 0. The number of nitrogens with zero attached hydrogens (tertiary/aromatic N) is 1. The average Bonchev–Trinajstić information content (AvgIpc) is 2.28. The number of carbonyl (C=O) groups is 1. The van der Waals surface area contributed by atoms with E-state index in [-0.39, 0.29) is 18.3 Å². The van der Waals surface area contributed by atoms with Crippen LogP contribution in [0.5, 0.6) is 0 Å². The second-order valence-corrected chi connectivity index (χ2v) is 5.00. The lowest BCUT2D eigenvalue weighted by atomic mass is 10.2. The van der Waals surface area contributed by atoms with Crippen molar-refractivity contribution in [1.82, 2.24) is 5.32 Å². The van der Waals surface area contributed by atoms with E-state index in [2.05, 4.69) is 49.0 Å². The summed E-state index contributed by atoms with van der Waals surface area (Å²) in [6.45, 7) is 0.00719. The van der Waals surface area contributed by atoms with E-state index in [1.807, 2.05) is 6.07 Å². The van der Waals surface area contributed by atoms with Gasteiger partial charge in [-0.25, -0.2) is 0 Å². The Labute approximate surface area is 114 Å². The molecule has 1 amide bonds. The molecule has 0 radical (unpaired) electrons. The van der Waals surface area contributed by atoms with Crippen LogP contribution in [-0.2, 0) is 0 Å². The highest BCUT2D eigenvalue weighted by molar-refractivity contribution is 14.1. The minimum absolute atomic E-state index is 0.00719. The predicted octanol–water partition coefficient (Wildman–Crippen LogP) is 1.53. The molecule has 0 saturated carbocycles. The number of amidine groups is 1. The van der Waals surface area contributed by atoms with Crippen molar-refractivity contribution >= 4 is 50.3 Å². The van der Waals surface area contributed by atoms with Crippen molar-refractivity contribution in [2.75, 3.05) is 6.54 Å². The van der Waals surface area contributed by atoms with Crippen LogP contribution in [0.4, 0.5) is 0 Å². The van der Waals surface area contributed by atoms with E-state index in [0.717, 1.165) is 3.57 Å². The van der Waals surface area contributed by atoms with E-state index >= 15 is 0 Å². The molecule has 86 valence electrons. The van der Waals surface area contributed by atoms with Gasteiger partial charge in [0, 0.05) is 8.04 Å². The Hall–Kier alpha value is -0.830. The second kappa shape index (κ2) is 6.04. The Balaban J connectivity index is 2.77. The lowest BCUT2D eigenvalue weighted by molar-refractivity contribution is 0.0958. The Bertz CT molecular complexity index is 437. The van der Waals surface area contributed by atoms with Crippen LogP contribution in [0.2, 0.25) is 0 Å². The van der Waals surface area contributed by atoms with Crippen LogP contribution < -0.4 is 11.1 Å². The fourth-order valence-corrected chi connectivity index (χ4v) is 1.89. The third-order valence-electron chi connectivity index (χ3n) is 1.73. The van der Waals surface area contributed by atoms with Crippen LogP contribution in [0.1, 0.15) is 10.4 Å². The molecule has 0 aliphatic rings. The number of halogens is 2. The van der Waals surface area contributed by atoms with Gasteiger partial charge in [-0.15, -0.1) is 0 Å². The summed E-state index contributed by atoms with van der Waals surface area (Å²) >= 11 is 5.40. The summed E-state index contributed by atoms with van der Waals surface area (Å²) in [6, 6.07) is 5.41. The van der Waals surface area contributed by atoms with Crippen molar-refractivity contribution in [2.45, 2.75) is 0 Å². The highest BCUT2D eigenvalue weighted by Gasteiger charge is 2.10. The fraction of sp³-hybridized carbons (Fsp3) is 0.111. The molecule has 0 aliphatic heterocycles. The zero-order chi connectivity index (χ0) is 12.1. The zero-order valence-corrected chi connectivity index (χ0v) is 11.8. The van der Waals surface area contributed by atoms with E-state index < -0.39 is 0 Å². The Kier molecular flexibility index (Phi) is 5.00. The molecule has 0 aromatic heterocycles. The predicted molar refractivity (Wildman–Crippen MR) is 72.6 cm³/mol. The first-order valence-corrected chi connectivity index (χ1v) is 6.11. The van der Waals surface area contributed by atoms with Crippen LogP contribution in [-0.4, -0.2) is 23.5 Å². The van der Waals surface area contributed by atoms with Gasteiger partial charge in [-0.05, 0) is 56.7 Å². The number of carbonyl (C=O) groups excluding carboxylic acids is 1. The number of nitrogens with one attached hydrogen (secondary N) is 1. The minimum atomic E-state index is -0.281. The Morgan fingerprint density at radius 1 is 1.62 bits per heavy atom. The molecular formula is C9H9BrIN3O2. The van der Waals surface area contributed by atoms with Gasteiger partial charge < -0.3 is 16.3 Å². The average molecular weight is 398 g/mol. The first kappa shape index (κ1) is 13.2. The Morgan fingerprint density at radius 3 is 2.94 bits per heavy atom. The molecule has 1 aromatic carbocycles. The Morgan fingerprint density at radius 2 is 2.31 bits per heavy atom. The summed E-state index contributed by atoms with van der Waals surface area (Å²) in [5.41, 5.74) is 5.75. The van der Waals surface area contributed by atoms with Gasteiger partial charge in [0.25, 0.3) is 5.91 Å². The summed E-state index contributed by atoms with van der Waals surface area (Å²) < 4.78 is 1.65. The molecule has 5 nitrogen and oxygen atoms in total. The maximum atomic E-state index is 11.7. The molecule has 16 heavy (non-hydrogen) atoms. The molecule has 0 atom stereocenters. The van der Waals surface area contributed by atoms with Crippen LogP contribution in [0.15, 0.2) is 27.8 Å². The van der Waals surface area contributed by atoms with Gasteiger partial charge in [0.15, 0.2) is 5.84 Å². The van der Waals surface area contributed by atoms with Crippen molar-refractivity contribution in [1.29, 1.82) is 0 Å². The molecule has 0 fully saturated rings. The molecule has 4 N–H and O–H groups in total. The van der Waals surface area contributed by atoms with Gasteiger partial charge in [0.2, 0.25) is 0 Å². The molecule has 7 heteroatoms. The lowest BCUT2D eigenvalue weighted by Gasteiger charge is -2.06. The van der Waals surface area contributed by atoms with E-state index in [1.165, 1.54) is 0 Å². The zero-order valence-electron chi connectivity index (χ0n) is 8.08. The molecule has 1 rings (SSSR count). The highest BCUT2D eigenvalue weighted by Crippen LogP contribution is 2.19. The maximum absolute atomic E-state index is 11.7. The van der Waals surface area contributed by atoms with Gasteiger partial charge >= 0.3 is 0 Å². The quantitative estimate of drug-likeness (QED) is 0.237. The lowest BCUT2D eigenvalue weighted by Crippen LogP contribution is -2.33. The summed E-state index contributed by atoms with van der Waals surface area (Å²) in [4.78, 5) is 11.7. The van der Waals surface area contributed by atoms with Crippen LogP contribution in [0, 0.1) is 3.57 Å². The third-order valence-corrected chi connectivity index (χ3v) is 3.09. The topological polar surface area (TPSA) is 87.7 Å². The van der Waals surface area contributed by atoms with Gasteiger partial charge in [-0.2, -0.15) is 0 Å². The van der Waals surface area contributed by atoms with Crippen LogP contribution in [0.3, 0.4) is 0 Å². The third kappa shape index (κ3) is 3.63. The van der Waals surface area contributed by atoms with Gasteiger partial charge in [0.05, 0.1) is 12.1 Å². The van der Waals surface area contributed by atoms with Crippen molar-refractivity contribution in [3.05, 3.63) is 31.8 Å². The van der Waals surface area contributed by atoms with Crippen LogP contribution >= 0.6 is 38.5 Å². The molecule has 0 saturated heterocycles. The van der Waals surface area contributed by atoms with Crippen LogP contribution in [0.25, 0.3) is 0 Å². The molecule has 0 bridgehead atoms. The molecule has 0 heterocycles. The van der Waals surface area contributed by atoms with Crippen molar-refractivity contribution < 1.29 is 10.0 Å². The van der Waals surface area contributed by atoms with Crippen molar-refractivity contribution in [3.63, 3.8) is 0 Å². The number of benzene rings is 1. The van der Waals surface area contributed by atoms with Gasteiger partial charge in [-0.1, -0.05) is 5.16 Å². The first-order valence-electron chi connectivity index (χ1n) is 4.24. The molecule has 0 spiro atoms. The number of amides is 1. The van der Waals surface area contributed by atoms with Crippen molar-refractivity contribution in [3.8, 4) is 0 Å². The molecular weight excluding hydrogens is 389 g/mol. The molecule has 0 unspecified atom stereocenters. The van der Waals surface area contributed by atoms with E-state index in [9.17, 15) is 4.79 Å². The maximum Gasteiger partial charge on any atom is 0.252 e. The van der Waals surface area contributed by atoms with E-state index in [4.69, 9.17) is 10.9 Å². The van der Waals surface area contributed by atoms with E-state index in [0.29, 0.717) is 10.0 Å². The fourth-order valence-electron chi connectivity index (χ4n) is 0.973. The summed E-state index contributed by atoms with van der Waals surface area (Å²) in [5.74, 6) is -0.327. The minimum Gasteiger partial charge on any atom is -0.409 e. The van der Waals surface area contributed by atoms with Crippen molar-refractivity contribution in [2.24, 2.45) is 10.9 Å². The number of nitrogens with two attached hydrogens (primary N) is 1. The molecule has 0 aliphatic carbocycles. The van der Waals surface area contributed by atoms with Gasteiger partial charge in [-0.3, -0.25) is 4.79 Å². The molecule has 1 aromatic rings. The summed E-state index contributed by atoms with van der Waals surface area (Å²) in [6.07, 6.45) is 0. The first-order chi connectivity index (χ1) is 7.54. The second-order valence-electron chi connectivity index (χ2n) is 2.90. The summed E-state index contributed by atoms with van der Waals surface area (Å²) in [5, 5.41) is 13.6. The normalized spacial score (nSPS) is 11.2. The SMILES string of the molecule is N/C(CNC(=O)c1cc(I)ccc1Br)=N/O. The number of rotatable bonds is 3.